The van der Waals surface area contributed by atoms with Crippen molar-refractivity contribution < 1.29 is 24.1 Å². The maximum absolute atomic E-state index is 14.3. The minimum Gasteiger partial charge on any atom is -0.386 e. The molecule has 0 aromatic carbocycles. The van der Waals surface area contributed by atoms with Crippen LogP contribution in [-0.2, 0) is 19.0 Å². The quantitative estimate of drug-likeness (QED) is 0.689. The van der Waals surface area contributed by atoms with Crippen molar-refractivity contribution in [2.24, 2.45) is 34.5 Å². The zero-order valence-corrected chi connectivity index (χ0v) is 20.2. The van der Waals surface area contributed by atoms with Crippen molar-refractivity contribution >= 4 is 5.78 Å². The second-order valence-corrected chi connectivity index (χ2v) is 11.3. The van der Waals surface area contributed by atoms with E-state index in [1.165, 1.54) is 5.57 Å². The van der Waals surface area contributed by atoms with E-state index < -0.39 is 28.1 Å². The molecule has 0 aromatic heterocycles. The van der Waals surface area contributed by atoms with Gasteiger partial charge < -0.3 is 19.3 Å². The van der Waals surface area contributed by atoms with E-state index in [9.17, 15) is 9.90 Å². The summed E-state index contributed by atoms with van der Waals surface area (Å²) in [7, 11) is 3.40. The molecule has 5 heteroatoms. The highest BCUT2D eigenvalue weighted by Gasteiger charge is 2.74. The second-order valence-electron chi connectivity index (χ2n) is 11.3. The molecule has 2 saturated carbocycles. The average molecular weight is 421 g/mol. The van der Waals surface area contributed by atoms with Gasteiger partial charge in [0, 0.05) is 36.9 Å². The fourth-order valence-electron chi connectivity index (χ4n) is 8.01. The van der Waals surface area contributed by atoms with Gasteiger partial charge in [0.15, 0.2) is 0 Å². The summed E-state index contributed by atoms with van der Waals surface area (Å²) in [5, 5.41) is 12.5. The molecule has 30 heavy (non-hydrogen) atoms. The first-order chi connectivity index (χ1) is 13.8. The van der Waals surface area contributed by atoms with E-state index in [0.29, 0.717) is 13.0 Å². The number of rotatable bonds is 2. The van der Waals surface area contributed by atoms with E-state index in [-0.39, 0.29) is 35.6 Å². The van der Waals surface area contributed by atoms with Crippen molar-refractivity contribution in [2.45, 2.75) is 84.7 Å². The lowest BCUT2D eigenvalue weighted by Gasteiger charge is -2.69. The topological polar surface area (TPSA) is 65.0 Å². The minimum atomic E-state index is -1.11. The first-order valence-electron chi connectivity index (χ1n) is 11.5. The number of aliphatic hydroxyl groups is 1. The van der Waals surface area contributed by atoms with Crippen LogP contribution in [0.3, 0.4) is 0 Å². The van der Waals surface area contributed by atoms with Gasteiger partial charge in [0.2, 0.25) is 0 Å². The number of ketones is 1. The number of methoxy groups -OCH3 is 2. The van der Waals surface area contributed by atoms with E-state index in [1.807, 2.05) is 6.92 Å². The number of Topliss-reactive ketones (excluding diaryl/α,β-unsaturated/α-hetero) is 1. The summed E-state index contributed by atoms with van der Waals surface area (Å²) in [4.78, 5) is 14.3. The molecular formula is C25H40O5. The monoisotopic (exact) mass is 420 g/mol. The molecule has 0 spiro atoms. The zero-order valence-electron chi connectivity index (χ0n) is 20.2. The molecule has 4 aliphatic rings. The molecule has 170 valence electrons. The minimum absolute atomic E-state index is 0.0692. The van der Waals surface area contributed by atoms with E-state index >= 15 is 0 Å². The van der Waals surface area contributed by atoms with Gasteiger partial charge in [-0.25, -0.2) is 0 Å². The molecule has 4 unspecified atom stereocenters. The van der Waals surface area contributed by atoms with Crippen LogP contribution in [-0.4, -0.2) is 55.1 Å². The van der Waals surface area contributed by atoms with Gasteiger partial charge in [-0.1, -0.05) is 52.7 Å². The van der Waals surface area contributed by atoms with E-state index in [2.05, 4.69) is 41.5 Å². The Morgan fingerprint density at radius 1 is 1.13 bits per heavy atom. The highest BCUT2D eigenvalue weighted by molar-refractivity contribution is 5.90. The Morgan fingerprint density at radius 3 is 2.27 bits per heavy atom. The van der Waals surface area contributed by atoms with Gasteiger partial charge in [-0.3, -0.25) is 4.79 Å². The van der Waals surface area contributed by atoms with Crippen LogP contribution < -0.4 is 0 Å². The van der Waals surface area contributed by atoms with Crippen LogP contribution in [0.15, 0.2) is 11.1 Å². The lowest BCUT2D eigenvalue weighted by molar-refractivity contribution is -0.347. The molecule has 9 atom stereocenters. The predicted molar refractivity (Wildman–Crippen MR) is 115 cm³/mol. The Labute approximate surface area is 181 Å². The van der Waals surface area contributed by atoms with Gasteiger partial charge in [0.05, 0.1) is 18.8 Å². The third kappa shape index (κ3) is 2.31. The van der Waals surface area contributed by atoms with Gasteiger partial charge in [-0.2, -0.15) is 0 Å². The number of allylic oxidation sites excluding steroid dienone is 1. The molecule has 2 bridgehead atoms. The highest BCUT2D eigenvalue weighted by Crippen LogP contribution is 2.66. The molecule has 3 aliphatic carbocycles. The average Bonchev–Trinajstić information content (AvgIpc) is 2.67. The molecule has 3 fully saturated rings. The van der Waals surface area contributed by atoms with Gasteiger partial charge in [-0.05, 0) is 31.6 Å². The van der Waals surface area contributed by atoms with Gasteiger partial charge in [0.25, 0.3) is 0 Å². The van der Waals surface area contributed by atoms with Gasteiger partial charge in [-0.15, -0.1) is 0 Å². The maximum atomic E-state index is 14.3. The number of hydrogen-bond acceptors (Lipinski definition) is 5. The molecule has 5 nitrogen and oxygen atoms in total. The summed E-state index contributed by atoms with van der Waals surface area (Å²) < 4.78 is 18.4. The van der Waals surface area contributed by atoms with Crippen LogP contribution in [0.4, 0.5) is 0 Å². The van der Waals surface area contributed by atoms with Crippen molar-refractivity contribution in [1.82, 2.24) is 0 Å². The fraction of sp³-hybridized carbons (Fsp3) is 0.880. The number of hydrogen-bond donors (Lipinski definition) is 1. The fourth-order valence-corrected chi connectivity index (χ4v) is 8.01. The number of ether oxygens (including phenoxy) is 3. The molecule has 4 rings (SSSR count). The zero-order chi connectivity index (χ0) is 22.4. The SMILES string of the molecule is COC1[C@@H]2[C@]3(OC)CO[C@@H]3CC(C)[C@@]2(C)C(=O)C(C)C2=C(C)C(C)C[C@]1(O)C2(C)C. The summed E-state index contributed by atoms with van der Waals surface area (Å²) in [5.74, 6) is 0.000495. The Bertz CT molecular complexity index is 782. The van der Waals surface area contributed by atoms with E-state index in [0.717, 1.165) is 12.0 Å². The lowest BCUT2D eigenvalue weighted by Crippen LogP contribution is -2.79. The third-order valence-electron chi connectivity index (χ3n) is 10.1. The Kier molecular flexibility index (Phi) is 4.96. The summed E-state index contributed by atoms with van der Waals surface area (Å²) in [6.45, 7) is 15.2. The van der Waals surface area contributed by atoms with Crippen LogP contribution in [0.1, 0.15) is 61.3 Å². The van der Waals surface area contributed by atoms with Crippen molar-refractivity contribution in [1.29, 1.82) is 0 Å². The first-order valence-corrected chi connectivity index (χ1v) is 11.5. The normalized spacial score (nSPS) is 52.7. The summed E-state index contributed by atoms with van der Waals surface area (Å²) in [6.07, 6.45) is 0.793. The molecular weight excluding hydrogens is 380 g/mol. The van der Waals surface area contributed by atoms with E-state index in [1.54, 1.807) is 14.2 Å². The van der Waals surface area contributed by atoms with Crippen LogP contribution in [0.2, 0.25) is 0 Å². The summed E-state index contributed by atoms with van der Waals surface area (Å²) in [6, 6.07) is 0. The molecule has 1 aliphatic heterocycles. The Hall–Kier alpha value is -0.750. The largest absolute Gasteiger partial charge is 0.386 e. The Morgan fingerprint density at radius 2 is 1.77 bits per heavy atom. The molecule has 1 N–H and O–H groups in total. The van der Waals surface area contributed by atoms with Crippen LogP contribution in [0.5, 0.6) is 0 Å². The van der Waals surface area contributed by atoms with Crippen molar-refractivity contribution in [3.63, 3.8) is 0 Å². The number of carbonyl (C=O) groups excluding carboxylic acids is 1. The smallest absolute Gasteiger partial charge is 0.146 e. The van der Waals surface area contributed by atoms with Gasteiger partial charge in [0.1, 0.15) is 17.0 Å². The van der Waals surface area contributed by atoms with Crippen molar-refractivity contribution in [3.05, 3.63) is 11.1 Å². The summed E-state index contributed by atoms with van der Waals surface area (Å²) in [5.41, 5.74) is -0.637. The van der Waals surface area contributed by atoms with Crippen molar-refractivity contribution in [3.8, 4) is 0 Å². The number of fused-ring (bicyclic) bond motifs is 5. The molecule has 0 aromatic rings. The van der Waals surface area contributed by atoms with Crippen LogP contribution in [0, 0.1) is 34.5 Å². The molecule has 1 heterocycles. The standard InChI is InChI=1S/C25H40O5/c1-13-11-25(27)21(28-8)19-23(7,14(2)10-17-24(19,29-9)12-30-17)20(26)16(4)18(15(13)3)22(25,5)6/h13-14,16-17,19,21,27H,10-12H2,1-9H3/t13?,14?,16?,17-,19+,21?,23-,24+,25-/m1/s1. The van der Waals surface area contributed by atoms with E-state index in [4.69, 9.17) is 14.2 Å². The van der Waals surface area contributed by atoms with Gasteiger partial charge >= 0.3 is 0 Å². The first kappa shape index (κ1) is 22.4. The lowest BCUT2D eigenvalue weighted by atomic mass is 9.42. The van der Waals surface area contributed by atoms with Crippen LogP contribution >= 0.6 is 0 Å². The highest BCUT2D eigenvalue weighted by atomic mass is 16.6. The van der Waals surface area contributed by atoms with Crippen molar-refractivity contribution in [2.75, 3.05) is 20.8 Å². The predicted octanol–water partition coefficient (Wildman–Crippen LogP) is 3.78. The third-order valence-corrected chi connectivity index (χ3v) is 10.1. The molecule has 0 amide bonds. The number of carbonyl (C=O) groups is 1. The maximum Gasteiger partial charge on any atom is 0.146 e. The summed E-state index contributed by atoms with van der Waals surface area (Å²) >= 11 is 0. The van der Waals surface area contributed by atoms with Crippen LogP contribution in [0.25, 0.3) is 0 Å². The molecule has 0 radical (unpaired) electrons. The molecule has 1 saturated heterocycles. The Balaban J connectivity index is 2.05. The second kappa shape index (κ2) is 6.63.